The Bertz CT molecular complexity index is 628. The van der Waals surface area contributed by atoms with Gasteiger partial charge < -0.3 is 10.0 Å². The second kappa shape index (κ2) is 6.00. The summed E-state index contributed by atoms with van der Waals surface area (Å²) in [6.45, 7) is 2.23. The third kappa shape index (κ3) is 2.92. The molecule has 3 rings (SSSR count). The Hall–Kier alpha value is -2.29. The van der Waals surface area contributed by atoms with Crippen LogP contribution in [0.5, 0.6) is 0 Å². The van der Waals surface area contributed by atoms with E-state index in [1.807, 2.05) is 24.3 Å². The van der Waals surface area contributed by atoms with Gasteiger partial charge in [-0.1, -0.05) is 30.3 Å². The topological polar surface area (TPSA) is 40.5 Å². The summed E-state index contributed by atoms with van der Waals surface area (Å²) < 4.78 is 0. The number of carboxylic acids is 1. The molecule has 1 aliphatic heterocycles. The van der Waals surface area contributed by atoms with Gasteiger partial charge in [0, 0.05) is 18.8 Å². The summed E-state index contributed by atoms with van der Waals surface area (Å²) >= 11 is 0. The van der Waals surface area contributed by atoms with Gasteiger partial charge in [-0.15, -0.1) is 0 Å². The maximum absolute atomic E-state index is 11.3. The largest absolute Gasteiger partial charge is 0.478 e. The number of hydrogen-bond donors (Lipinski definition) is 1. The first kappa shape index (κ1) is 13.7. The Labute approximate surface area is 124 Å². The number of anilines is 1. The Kier molecular flexibility index (Phi) is 3.91. The van der Waals surface area contributed by atoms with Crippen LogP contribution in [0, 0.1) is 0 Å². The van der Waals surface area contributed by atoms with Crippen molar-refractivity contribution < 1.29 is 9.90 Å². The van der Waals surface area contributed by atoms with Crippen LogP contribution in [0.3, 0.4) is 0 Å². The van der Waals surface area contributed by atoms with Crippen molar-refractivity contribution >= 4 is 11.7 Å². The van der Waals surface area contributed by atoms with Crippen LogP contribution < -0.4 is 4.90 Å². The number of hydrogen-bond acceptors (Lipinski definition) is 2. The minimum atomic E-state index is -0.884. The molecule has 1 N–H and O–H groups in total. The Balaban J connectivity index is 1.89. The summed E-state index contributed by atoms with van der Waals surface area (Å²) in [6.07, 6.45) is 3.83. The molecule has 2 aromatic carbocycles. The van der Waals surface area contributed by atoms with Crippen LogP contribution in [0.1, 0.15) is 29.6 Å². The number of carboxylic acid groups (broad SMARTS) is 1. The van der Waals surface area contributed by atoms with E-state index < -0.39 is 5.97 Å². The number of carbonyl (C=O) groups is 1. The Morgan fingerprint density at radius 2 is 1.57 bits per heavy atom. The molecule has 0 spiro atoms. The molecule has 0 saturated carbocycles. The molecule has 0 radical (unpaired) electrons. The van der Waals surface area contributed by atoms with Crippen LogP contribution in [0.25, 0.3) is 11.1 Å². The van der Waals surface area contributed by atoms with Crippen molar-refractivity contribution in [1.82, 2.24) is 0 Å². The van der Waals surface area contributed by atoms with E-state index in [9.17, 15) is 9.90 Å². The molecule has 0 amide bonds. The highest BCUT2D eigenvalue weighted by Gasteiger charge is 2.13. The summed E-state index contributed by atoms with van der Waals surface area (Å²) in [6, 6.07) is 15.4. The molecule has 0 aromatic heterocycles. The molecular formula is C18H19NO2. The van der Waals surface area contributed by atoms with Crippen LogP contribution in [0.2, 0.25) is 0 Å². The van der Waals surface area contributed by atoms with Crippen molar-refractivity contribution in [2.75, 3.05) is 18.0 Å². The van der Waals surface area contributed by atoms with E-state index in [0.29, 0.717) is 5.56 Å². The number of nitrogens with zero attached hydrogens (tertiary/aromatic N) is 1. The lowest BCUT2D eigenvalue weighted by Gasteiger charge is -2.28. The number of piperidine rings is 1. The second-order valence-corrected chi connectivity index (χ2v) is 5.45. The molecule has 1 fully saturated rings. The minimum absolute atomic E-state index is 0.350. The molecule has 2 aromatic rings. The van der Waals surface area contributed by atoms with E-state index in [1.165, 1.54) is 24.9 Å². The fourth-order valence-corrected chi connectivity index (χ4v) is 2.93. The molecule has 0 unspecified atom stereocenters. The lowest BCUT2D eigenvalue weighted by Crippen LogP contribution is -2.29. The summed E-state index contributed by atoms with van der Waals surface area (Å²) in [5.74, 6) is -0.884. The third-order valence-corrected chi connectivity index (χ3v) is 4.06. The normalized spacial score (nSPS) is 15.0. The highest BCUT2D eigenvalue weighted by Crippen LogP contribution is 2.27. The first-order chi connectivity index (χ1) is 10.3. The zero-order chi connectivity index (χ0) is 14.7. The average molecular weight is 281 g/mol. The van der Waals surface area contributed by atoms with Gasteiger partial charge in [0.15, 0.2) is 0 Å². The lowest BCUT2D eigenvalue weighted by atomic mass is 9.99. The van der Waals surface area contributed by atoms with Crippen molar-refractivity contribution in [1.29, 1.82) is 0 Å². The Morgan fingerprint density at radius 1 is 0.905 bits per heavy atom. The van der Waals surface area contributed by atoms with E-state index in [-0.39, 0.29) is 0 Å². The van der Waals surface area contributed by atoms with Crippen LogP contribution >= 0.6 is 0 Å². The molecule has 0 aliphatic carbocycles. The van der Waals surface area contributed by atoms with Crippen LogP contribution in [-0.4, -0.2) is 24.2 Å². The lowest BCUT2D eigenvalue weighted by molar-refractivity contribution is 0.0697. The second-order valence-electron chi connectivity index (χ2n) is 5.45. The van der Waals surface area contributed by atoms with E-state index in [2.05, 4.69) is 17.0 Å². The maximum Gasteiger partial charge on any atom is 0.336 e. The standard InChI is InChI=1S/C18H19NO2/c20-18(21)17-7-3-2-6-16(17)14-8-10-15(11-9-14)19-12-4-1-5-13-19/h2-3,6-11H,1,4-5,12-13H2,(H,20,21). The fraction of sp³-hybridized carbons (Fsp3) is 0.278. The third-order valence-electron chi connectivity index (χ3n) is 4.06. The van der Waals surface area contributed by atoms with E-state index in [1.54, 1.807) is 12.1 Å². The SMILES string of the molecule is O=C(O)c1ccccc1-c1ccc(N2CCCCC2)cc1. The van der Waals surface area contributed by atoms with Gasteiger partial charge in [-0.25, -0.2) is 4.79 Å². The maximum atomic E-state index is 11.3. The summed E-state index contributed by atoms with van der Waals surface area (Å²) in [7, 11) is 0. The Morgan fingerprint density at radius 3 is 2.24 bits per heavy atom. The van der Waals surface area contributed by atoms with Crippen LogP contribution in [0.4, 0.5) is 5.69 Å². The van der Waals surface area contributed by atoms with Crippen molar-refractivity contribution in [3.05, 3.63) is 54.1 Å². The highest BCUT2D eigenvalue weighted by molar-refractivity contribution is 5.96. The zero-order valence-electron chi connectivity index (χ0n) is 12.0. The minimum Gasteiger partial charge on any atom is -0.478 e. The van der Waals surface area contributed by atoms with Gasteiger partial charge >= 0.3 is 5.97 Å². The molecule has 21 heavy (non-hydrogen) atoms. The summed E-state index contributed by atoms with van der Waals surface area (Å²) in [5.41, 5.74) is 3.30. The van der Waals surface area contributed by atoms with Crippen LogP contribution in [0.15, 0.2) is 48.5 Å². The quantitative estimate of drug-likeness (QED) is 0.923. The zero-order valence-corrected chi connectivity index (χ0v) is 12.0. The van der Waals surface area contributed by atoms with Crippen molar-refractivity contribution in [2.45, 2.75) is 19.3 Å². The van der Waals surface area contributed by atoms with Crippen molar-refractivity contribution in [3.8, 4) is 11.1 Å². The number of rotatable bonds is 3. The molecule has 3 heteroatoms. The van der Waals surface area contributed by atoms with Gasteiger partial charge in [0.1, 0.15) is 0 Å². The first-order valence-electron chi connectivity index (χ1n) is 7.43. The van der Waals surface area contributed by atoms with E-state index >= 15 is 0 Å². The average Bonchev–Trinajstić information content (AvgIpc) is 2.56. The van der Waals surface area contributed by atoms with Gasteiger partial charge in [0.25, 0.3) is 0 Å². The smallest absolute Gasteiger partial charge is 0.336 e. The van der Waals surface area contributed by atoms with Gasteiger partial charge in [-0.05, 0) is 48.6 Å². The number of aromatic carboxylic acids is 1. The monoisotopic (exact) mass is 281 g/mol. The van der Waals surface area contributed by atoms with Gasteiger partial charge in [-0.2, -0.15) is 0 Å². The van der Waals surface area contributed by atoms with Gasteiger partial charge in [-0.3, -0.25) is 0 Å². The summed E-state index contributed by atoms with van der Waals surface area (Å²) in [5, 5.41) is 9.28. The fourth-order valence-electron chi connectivity index (χ4n) is 2.93. The highest BCUT2D eigenvalue weighted by atomic mass is 16.4. The molecule has 1 saturated heterocycles. The van der Waals surface area contributed by atoms with Crippen molar-refractivity contribution in [2.24, 2.45) is 0 Å². The predicted octanol–water partition coefficient (Wildman–Crippen LogP) is 4.04. The molecule has 3 nitrogen and oxygen atoms in total. The molecule has 0 atom stereocenters. The molecular weight excluding hydrogens is 262 g/mol. The van der Waals surface area contributed by atoms with E-state index in [4.69, 9.17) is 0 Å². The summed E-state index contributed by atoms with van der Waals surface area (Å²) in [4.78, 5) is 13.7. The molecule has 1 heterocycles. The van der Waals surface area contributed by atoms with Gasteiger partial charge in [0.2, 0.25) is 0 Å². The number of benzene rings is 2. The van der Waals surface area contributed by atoms with Crippen molar-refractivity contribution in [3.63, 3.8) is 0 Å². The molecule has 0 bridgehead atoms. The molecule has 1 aliphatic rings. The molecule has 108 valence electrons. The van der Waals surface area contributed by atoms with Crippen LogP contribution in [-0.2, 0) is 0 Å². The van der Waals surface area contributed by atoms with E-state index in [0.717, 1.165) is 24.2 Å². The predicted molar refractivity (Wildman–Crippen MR) is 84.9 cm³/mol. The van der Waals surface area contributed by atoms with Gasteiger partial charge in [0.05, 0.1) is 5.56 Å². The first-order valence-corrected chi connectivity index (χ1v) is 7.43.